The van der Waals surface area contributed by atoms with Crippen molar-refractivity contribution in [1.82, 2.24) is 35.1 Å². The molecule has 14 heteroatoms. The minimum atomic E-state index is -2.93. The van der Waals surface area contributed by atoms with Crippen molar-refractivity contribution in [3.63, 3.8) is 0 Å². The van der Waals surface area contributed by atoms with Crippen LogP contribution in [0, 0.1) is 0 Å². The summed E-state index contributed by atoms with van der Waals surface area (Å²) in [4.78, 5) is 57.9. The Morgan fingerprint density at radius 1 is 0.729 bits per heavy atom. The fourth-order valence-electron chi connectivity index (χ4n) is 6.97. The number of carbonyl (C=O) groups is 3. The largest absolute Gasteiger partial charge is 0.453 e. The first-order valence-electron chi connectivity index (χ1n) is 19.7. The van der Waals surface area contributed by atoms with Gasteiger partial charge in [0.25, 0.3) is 0 Å². The van der Waals surface area contributed by atoms with Gasteiger partial charge >= 0.3 is 12.7 Å². The molecule has 0 saturated carbocycles. The minimum absolute atomic E-state index is 0.139. The summed E-state index contributed by atoms with van der Waals surface area (Å²) >= 11 is 0. The van der Waals surface area contributed by atoms with E-state index >= 15 is 0 Å². The Balaban J connectivity index is 1.11. The standard InChI is InChI=1S/C45H49F2N7O5/c1-5-20-53(41(55)22-29(3)59-44(46)47)27-39-49-26-38(51-39)36-19-18-34-23-33(16-17-35(34)24-36)30-12-14-31(15-13-30)37-25-48-40(50-37)28-54(21-6-2)43(56)42(52-45(57)58-4)32-10-8-7-9-11-32/h7-19,23-26,29,42,44H,5-6,20-22,27-28H2,1-4H3,(H,48,50)(H,49,51)(H,52,57)/t29-,42-/m1/s1. The lowest BCUT2D eigenvalue weighted by Gasteiger charge is -2.27. The van der Waals surface area contributed by atoms with E-state index in [1.165, 1.54) is 14.0 Å². The molecule has 4 aromatic carbocycles. The van der Waals surface area contributed by atoms with Gasteiger partial charge < -0.3 is 34.6 Å². The van der Waals surface area contributed by atoms with Gasteiger partial charge in [-0.3, -0.25) is 9.59 Å². The molecular formula is C45H49F2N7O5. The molecule has 0 unspecified atom stereocenters. The number of methoxy groups -OCH3 is 1. The molecule has 2 aromatic heterocycles. The lowest BCUT2D eigenvalue weighted by Crippen LogP contribution is -2.43. The van der Waals surface area contributed by atoms with Gasteiger partial charge in [0.2, 0.25) is 11.8 Å². The second-order valence-electron chi connectivity index (χ2n) is 14.3. The fourth-order valence-corrected chi connectivity index (χ4v) is 6.97. The first kappa shape index (κ1) is 42.2. The van der Waals surface area contributed by atoms with Crippen LogP contribution >= 0.6 is 0 Å². The predicted octanol–water partition coefficient (Wildman–Crippen LogP) is 8.88. The second-order valence-corrected chi connectivity index (χ2v) is 14.3. The molecule has 2 heterocycles. The third-order valence-electron chi connectivity index (χ3n) is 9.89. The van der Waals surface area contributed by atoms with Crippen molar-refractivity contribution in [3.05, 3.63) is 121 Å². The molecule has 0 bridgehead atoms. The normalized spacial score (nSPS) is 12.3. The molecule has 0 saturated heterocycles. The number of hydrogen-bond donors (Lipinski definition) is 3. The summed E-state index contributed by atoms with van der Waals surface area (Å²) in [6.45, 7) is 3.89. The zero-order valence-electron chi connectivity index (χ0n) is 33.6. The van der Waals surface area contributed by atoms with E-state index in [0.717, 1.165) is 50.8 Å². The molecule has 6 rings (SSSR count). The number of fused-ring (bicyclic) bond motifs is 1. The third kappa shape index (κ3) is 11.0. The Bertz CT molecular complexity index is 2330. The van der Waals surface area contributed by atoms with Crippen molar-refractivity contribution in [1.29, 1.82) is 0 Å². The van der Waals surface area contributed by atoms with E-state index < -0.39 is 24.9 Å². The van der Waals surface area contributed by atoms with Crippen LogP contribution in [0.15, 0.2) is 103 Å². The van der Waals surface area contributed by atoms with Crippen LogP contribution in [0.3, 0.4) is 0 Å². The van der Waals surface area contributed by atoms with E-state index in [4.69, 9.17) is 4.74 Å². The smallest absolute Gasteiger partial charge is 0.407 e. The summed E-state index contributed by atoms with van der Waals surface area (Å²) < 4.78 is 34.5. The maximum Gasteiger partial charge on any atom is 0.407 e. The quantitative estimate of drug-likeness (QED) is 0.0787. The number of hydrogen-bond acceptors (Lipinski definition) is 7. The van der Waals surface area contributed by atoms with Crippen molar-refractivity contribution in [2.24, 2.45) is 0 Å². The highest BCUT2D eigenvalue weighted by atomic mass is 19.3. The Morgan fingerprint density at radius 2 is 1.27 bits per heavy atom. The van der Waals surface area contributed by atoms with Crippen LogP contribution in [-0.2, 0) is 32.2 Å². The molecule has 0 aliphatic rings. The number of halogens is 2. The molecule has 308 valence electrons. The second kappa shape index (κ2) is 19.8. The van der Waals surface area contributed by atoms with Gasteiger partial charge in [0.1, 0.15) is 17.7 Å². The topological polar surface area (TPSA) is 146 Å². The number of rotatable bonds is 18. The highest BCUT2D eigenvalue weighted by Crippen LogP contribution is 2.30. The molecule has 2 atom stereocenters. The number of H-pyrrole nitrogens is 2. The van der Waals surface area contributed by atoms with Crippen molar-refractivity contribution < 1.29 is 32.6 Å². The average molecular weight is 806 g/mol. The number of aromatic nitrogens is 4. The first-order chi connectivity index (χ1) is 28.5. The number of alkyl carbamates (subject to hydrolysis) is 1. The first-order valence-corrected chi connectivity index (χ1v) is 19.7. The number of amides is 3. The number of imidazole rings is 2. The van der Waals surface area contributed by atoms with Gasteiger partial charge in [0.15, 0.2) is 0 Å². The van der Waals surface area contributed by atoms with Crippen molar-refractivity contribution in [3.8, 4) is 33.6 Å². The molecule has 0 spiro atoms. The third-order valence-corrected chi connectivity index (χ3v) is 9.89. The fraction of sp³-hybridized carbons (Fsp3) is 0.311. The van der Waals surface area contributed by atoms with Gasteiger partial charge in [-0.1, -0.05) is 92.7 Å². The van der Waals surface area contributed by atoms with Crippen LogP contribution in [0.2, 0.25) is 0 Å². The SMILES string of the molecule is CCCN(Cc1ncc(-c2ccc3cc(-c4ccc(-c5cnc(CN(CCC)C(=O)[C@H](NC(=O)OC)c6ccccc6)[nH]5)cc4)ccc3c2)[nH]1)C(=O)C[C@@H](C)OC(F)F. The highest BCUT2D eigenvalue weighted by Gasteiger charge is 2.28. The number of alkyl halides is 2. The average Bonchev–Trinajstić information content (AvgIpc) is 3.92. The summed E-state index contributed by atoms with van der Waals surface area (Å²) in [7, 11) is 1.27. The molecule has 6 aromatic rings. The zero-order chi connectivity index (χ0) is 41.9. The number of ether oxygens (including phenoxy) is 2. The van der Waals surface area contributed by atoms with E-state index in [1.807, 2.05) is 50.2 Å². The molecule has 0 radical (unpaired) electrons. The molecular weight excluding hydrogens is 757 g/mol. The number of nitrogens with zero attached hydrogens (tertiary/aromatic N) is 4. The Kier molecular flexibility index (Phi) is 14.2. The Hall–Kier alpha value is -6.41. The van der Waals surface area contributed by atoms with Crippen LogP contribution < -0.4 is 5.32 Å². The van der Waals surface area contributed by atoms with E-state index in [0.29, 0.717) is 36.7 Å². The maximum atomic E-state index is 13.8. The minimum Gasteiger partial charge on any atom is -0.453 e. The van der Waals surface area contributed by atoms with E-state index in [1.54, 1.807) is 34.3 Å². The molecule has 59 heavy (non-hydrogen) atoms. The monoisotopic (exact) mass is 805 g/mol. The number of aromatic amines is 2. The van der Waals surface area contributed by atoms with Crippen LogP contribution in [0.5, 0.6) is 0 Å². The number of carbonyl (C=O) groups excluding carboxylic acids is 3. The van der Waals surface area contributed by atoms with Crippen LogP contribution in [-0.4, -0.2) is 80.6 Å². The summed E-state index contributed by atoms with van der Waals surface area (Å²) in [5, 5.41) is 4.79. The Morgan fingerprint density at radius 3 is 1.88 bits per heavy atom. The summed E-state index contributed by atoms with van der Waals surface area (Å²) in [6.07, 6.45) is 3.21. The van der Waals surface area contributed by atoms with Crippen molar-refractivity contribution >= 4 is 28.7 Å². The van der Waals surface area contributed by atoms with E-state index in [2.05, 4.69) is 72.5 Å². The van der Waals surface area contributed by atoms with Crippen LogP contribution in [0.4, 0.5) is 13.6 Å². The summed E-state index contributed by atoms with van der Waals surface area (Å²) in [5.74, 6) is 0.692. The molecule has 12 nitrogen and oxygen atoms in total. The lowest BCUT2D eigenvalue weighted by atomic mass is 9.98. The van der Waals surface area contributed by atoms with Crippen molar-refractivity contribution in [2.75, 3.05) is 20.2 Å². The molecule has 3 N–H and O–H groups in total. The molecule has 3 amide bonds. The summed E-state index contributed by atoms with van der Waals surface area (Å²) in [5.41, 5.74) is 6.26. The highest BCUT2D eigenvalue weighted by molar-refractivity contribution is 5.91. The zero-order valence-corrected chi connectivity index (χ0v) is 33.6. The lowest BCUT2D eigenvalue weighted by molar-refractivity contribution is -0.165. The molecule has 0 aliphatic heterocycles. The maximum absolute atomic E-state index is 13.8. The summed E-state index contributed by atoms with van der Waals surface area (Å²) in [6, 6.07) is 28.8. The van der Waals surface area contributed by atoms with E-state index in [-0.39, 0.29) is 31.3 Å². The van der Waals surface area contributed by atoms with Gasteiger partial charge in [-0.05, 0) is 64.9 Å². The van der Waals surface area contributed by atoms with Gasteiger partial charge in [-0.2, -0.15) is 8.78 Å². The molecule has 0 fully saturated rings. The molecule has 0 aliphatic carbocycles. The van der Waals surface area contributed by atoms with Crippen molar-refractivity contribution in [2.45, 2.75) is 71.9 Å². The van der Waals surface area contributed by atoms with E-state index in [9.17, 15) is 23.2 Å². The Labute approximate surface area is 342 Å². The van der Waals surface area contributed by atoms with Crippen LogP contribution in [0.1, 0.15) is 63.3 Å². The number of benzene rings is 4. The van der Waals surface area contributed by atoms with Crippen LogP contribution in [0.25, 0.3) is 44.4 Å². The number of nitrogens with one attached hydrogen (secondary N) is 3. The van der Waals surface area contributed by atoms with Gasteiger partial charge in [0, 0.05) is 18.7 Å². The van der Waals surface area contributed by atoms with Gasteiger partial charge in [-0.15, -0.1) is 0 Å². The van der Waals surface area contributed by atoms with Gasteiger partial charge in [0.05, 0.1) is 56.5 Å². The predicted molar refractivity (Wildman–Crippen MR) is 222 cm³/mol. The van der Waals surface area contributed by atoms with Gasteiger partial charge in [-0.25, -0.2) is 14.8 Å².